The van der Waals surface area contributed by atoms with E-state index >= 15 is 0 Å². The maximum atomic E-state index is 13.5. The maximum absolute atomic E-state index is 13.5. The summed E-state index contributed by atoms with van der Waals surface area (Å²) in [6.45, 7) is 1.40. The van der Waals surface area contributed by atoms with Gasteiger partial charge in [0.05, 0.1) is 4.34 Å². The van der Waals surface area contributed by atoms with E-state index in [9.17, 15) is 4.39 Å². The molecule has 0 aliphatic carbocycles. The SMILES string of the molecule is CN=C(NCCc1ccc(Cl)s1)NCCc1ccccc1F. The highest BCUT2D eigenvalue weighted by Crippen LogP contribution is 2.21. The van der Waals surface area contributed by atoms with Gasteiger partial charge in [0, 0.05) is 25.0 Å². The summed E-state index contributed by atoms with van der Waals surface area (Å²) < 4.78 is 14.3. The fourth-order valence-corrected chi connectivity index (χ4v) is 3.11. The molecule has 6 heteroatoms. The number of guanidine groups is 1. The van der Waals surface area contributed by atoms with Crippen molar-refractivity contribution in [3.05, 3.63) is 57.0 Å². The number of halogens is 2. The van der Waals surface area contributed by atoms with Crippen LogP contribution in [-0.2, 0) is 12.8 Å². The third-order valence-electron chi connectivity index (χ3n) is 3.16. The summed E-state index contributed by atoms with van der Waals surface area (Å²) in [7, 11) is 1.72. The second kappa shape index (κ2) is 8.76. The van der Waals surface area contributed by atoms with Gasteiger partial charge in [-0.05, 0) is 36.6 Å². The lowest BCUT2D eigenvalue weighted by Gasteiger charge is -2.11. The van der Waals surface area contributed by atoms with E-state index in [1.54, 1.807) is 30.5 Å². The minimum Gasteiger partial charge on any atom is -0.356 e. The first-order valence-corrected chi connectivity index (χ1v) is 8.30. The summed E-state index contributed by atoms with van der Waals surface area (Å²) in [5.74, 6) is 0.556. The predicted molar refractivity (Wildman–Crippen MR) is 92.5 cm³/mol. The van der Waals surface area contributed by atoms with Crippen LogP contribution in [0.25, 0.3) is 0 Å². The van der Waals surface area contributed by atoms with Gasteiger partial charge in [-0.1, -0.05) is 29.8 Å². The van der Waals surface area contributed by atoms with Crippen molar-refractivity contribution in [2.45, 2.75) is 12.8 Å². The van der Waals surface area contributed by atoms with Crippen LogP contribution in [-0.4, -0.2) is 26.1 Å². The molecule has 2 rings (SSSR count). The van der Waals surface area contributed by atoms with E-state index in [0.29, 0.717) is 18.5 Å². The van der Waals surface area contributed by atoms with Crippen LogP contribution in [0.1, 0.15) is 10.4 Å². The molecule has 0 saturated carbocycles. The normalized spacial score (nSPS) is 11.5. The first-order chi connectivity index (χ1) is 10.7. The van der Waals surface area contributed by atoms with Gasteiger partial charge in [0.15, 0.2) is 5.96 Å². The van der Waals surface area contributed by atoms with Gasteiger partial charge in [-0.25, -0.2) is 4.39 Å². The summed E-state index contributed by atoms with van der Waals surface area (Å²) in [4.78, 5) is 5.39. The largest absolute Gasteiger partial charge is 0.356 e. The Morgan fingerprint density at radius 3 is 2.50 bits per heavy atom. The molecule has 3 nitrogen and oxygen atoms in total. The van der Waals surface area contributed by atoms with Crippen molar-refractivity contribution in [3.8, 4) is 0 Å². The van der Waals surface area contributed by atoms with Crippen molar-refractivity contribution >= 4 is 28.9 Å². The summed E-state index contributed by atoms with van der Waals surface area (Å²) in [6.07, 6.45) is 1.51. The fraction of sp³-hybridized carbons (Fsp3) is 0.312. The number of aliphatic imine (C=N–C) groups is 1. The number of thiophene rings is 1. The van der Waals surface area contributed by atoms with Crippen LogP contribution >= 0.6 is 22.9 Å². The van der Waals surface area contributed by atoms with Crippen LogP contribution in [0.2, 0.25) is 4.34 Å². The molecule has 1 heterocycles. The average molecular weight is 340 g/mol. The molecule has 0 saturated heterocycles. The molecule has 2 aromatic rings. The predicted octanol–water partition coefficient (Wildman–Crippen LogP) is 3.49. The molecular formula is C16H19ClFN3S. The first kappa shape index (κ1) is 16.8. The minimum absolute atomic E-state index is 0.165. The van der Waals surface area contributed by atoms with Crippen molar-refractivity contribution < 1.29 is 4.39 Å². The molecule has 0 unspecified atom stereocenters. The second-order valence-corrected chi connectivity index (χ2v) is 6.52. The average Bonchev–Trinajstić information content (AvgIpc) is 2.93. The molecule has 0 aliphatic rings. The van der Waals surface area contributed by atoms with Crippen LogP contribution in [0.15, 0.2) is 41.4 Å². The molecule has 0 amide bonds. The van der Waals surface area contributed by atoms with E-state index in [1.165, 1.54) is 10.9 Å². The Morgan fingerprint density at radius 2 is 1.86 bits per heavy atom. The molecule has 0 radical (unpaired) electrons. The Balaban J connectivity index is 1.70. The van der Waals surface area contributed by atoms with Gasteiger partial charge in [0.1, 0.15) is 5.82 Å². The molecule has 0 spiro atoms. The van der Waals surface area contributed by atoms with Crippen molar-refractivity contribution in [2.75, 3.05) is 20.1 Å². The molecule has 22 heavy (non-hydrogen) atoms. The minimum atomic E-state index is -0.165. The zero-order valence-corrected chi connectivity index (χ0v) is 14.0. The number of hydrogen-bond acceptors (Lipinski definition) is 2. The van der Waals surface area contributed by atoms with E-state index in [4.69, 9.17) is 11.6 Å². The lowest BCUT2D eigenvalue weighted by molar-refractivity contribution is 0.606. The zero-order valence-electron chi connectivity index (χ0n) is 12.4. The Bertz CT molecular complexity index is 627. The monoisotopic (exact) mass is 339 g/mol. The van der Waals surface area contributed by atoms with E-state index in [1.807, 2.05) is 18.2 Å². The lowest BCUT2D eigenvalue weighted by Crippen LogP contribution is -2.39. The van der Waals surface area contributed by atoms with Crippen molar-refractivity contribution in [3.63, 3.8) is 0 Å². The number of rotatable bonds is 6. The van der Waals surface area contributed by atoms with E-state index in [-0.39, 0.29) is 5.82 Å². The number of hydrogen-bond donors (Lipinski definition) is 2. The molecule has 1 aromatic carbocycles. The summed E-state index contributed by atoms with van der Waals surface area (Å²) in [5, 5.41) is 6.42. The van der Waals surface area contributed by atoms with Crippen molar-refractivity contribution in [2.24, 2.45) is 4.99 Å². The van der Waals surface area contributed by atoms with Gasteiger partial charge in [0.2, 0.25) is 0 Å². The van der Waals surface area contributed by atoms with Gasteiger partial charge in [-0.2, -0.15) is 0 Å². The highest BCUT2D eigenvalue weighted by molar-refractivity contribution is 7.16. The van der Waals surface area contributed by atoms with Gasteiger partial charge in [0.25, 0.3) is 0 Å². The number of nitrogens with zero attached hydrogens (tertiary/aromatic N) is 1. The Morgan fingerprint density at radius 1 is 1.14 bits per heavy atom. The highest BCUT2D eigenvalue weighted by atomic mass is 35.5. The highest BCUT2D eigenvalue weighted by Gasteiger charge is 2.02. The van der Waals surface area contributed by atoms with Crippen molar-refractivity contribution in [1.82, 2.24) is 10.6 Å². The van der Waals surface area contributed by atoms with Crippen LogP contribution in [0, 0.1) is 5.82 Å². The second-order valence-electron chi connectivity index (χ2n) is 4.72. The van der Waals surface area contributed by atoms with E-state index in [2.05, 4.69) is 15.6 Å². The first-order valence-electron chi connectivity index (χ1n) is 7.11. The van der Waals surface area contributed by atoms with E-state index < -0.39 is 0 Å². The summed E-state index contributed by atoms with van der Waals surface area (Å²) in [6, 6.07) is 10.8. The van der Waals surface area contributed by atoms with Gasteiger partial charge in [-0.3, -0.25) is 4.99 Å². The van der Waals surface area contributed by atoms with Crippen molar-refractivity contribution in [1.29, 1.82) is 0 Å². The molecule has 0 aliphatic heterocycles. The smallest absolute Gasteiger partial charge is 0.190 e. The third-order valence-corrected chi connectivity index (χ3v) is 4.45. The number of benzene rings is 1. The zero-order chi connectivity index (χ0) is 15.8. The Hall–Kier alpha value is -1.59. The van der Waals surface area contributed by atoms with Gasteiger partial charge < -0.3 is 10.6 Å². The molecule has 2 N–H and O–H groups in total. The third kappa shape index (κ3) is 5.31. The molecule has 1 aromatic heterocycles. The molecule has 0 fully saturated rings. The van der Waals surface area contributed by atoms with Crippen LogP contribution in [0.3, 0.4) is 0 Å². The fourth-order valence-electron chi connectivity index (χ4n) is 2.03. The molecule has 0 atom stereocenters. The van der Waals surface area contributed by atoms with Gasteiger partial charge >= 0.3 is 0 Å². The number of nitrogens with one attached hydrogen (secondary N) is 2. The lowest BCUT2D eigenvalue weighted by atomic mass is 10.1. The Labute approximate surface area is 139 Å². The van der Waals surface area contributed by atoms with Crippen LogP contribution in [0.5, 0.6) is 0 Å². The van der Waals surface area contributed by atoms with Crippen LogP contribution < -0.4 is 10.6 Å². The quantitative estimate of drug-likeness (QED) is 0.624. The van der Waals surface area contributed by atoms with E-state index in [0.717, 1.165) is 23.3 Å². The Kier molecular flexibility index (Phi) is 6.68. The van der Waals surface area contributed by atoms with Gasteiger partial charge in [-0.15, -0.1) is 11.3 Å². The maximum Gasteiger partial charge on any atom is 0.190 e. The summed E-state index contributed by atoms with van der Waals surface area (Å²) in [5.41, 5.74) is 0.707. The molecule has 118 valence electrons. The molecule has 0 bridgehead atoms. The molecular weight excluding hydrogens is 321 g/mol. The standard InChI is InChI=1S/C16H19ClFN3S/c1-19-16(21-11-9-13-6-7-15(17)22-13)20-10-8-12-4-2-3-5-14(12)18/h2-7H,8-11H2,1H3,(H2,19,20,21). The summed E-state index contributed by atoms with van der Waals surface area (Å²) >= 11 is 7.49. The van der Waals surface area contributed by atoms with Crippen LogP contribution in [0.4, 0.5) is 4.39 Å². The topological polar surface area (TPSA) is 36.4 Å².